The minimum atomic E-state index is -0.757. The molecule has 0 aromatic rings. The third-order valence-electron chi connectivity index (χ3n) is 8.20. The zero-order valence-electron chi connectivity index (χ0n) is 32.6. The molecular weight excluding hydrogens is 630 g/mol. The number of ketones is 1. The summed E-state index contributed by atoms with van der Waals surface area (Å²) in [7, 11) is 3.26. The van der Waals surface area contributed by atoms with Crippen LogP contribution in [0.25, 0.3) is 0 Å². The lowest BCUT2D eigenvalue weighted by atomic mass is 9.85. The fourth-order valence-corrected chi connectivity index (χ4v) is 4.94. The summed E-state index contributed by atoms with van der Waals surface area (Å²) in [6.07, 6.45) is 5.83. The van der Waals surface area contributed by atoms with Gasteiger partial charge in [0.1, 0.15) is 6.04 Å². The first kappa shape index (κ1) is 47.7. The van der Waals surface area contributed by atoms with Gasteiger partial charge in [0.05, 0.1) is 6.04 Å². The Hall–Kier alpha value is -2.38. The second-order valence-electron chi connectivity index (χ2n) is 14.9. The molecule has 13 heteroatoms. The molecule has 282 valence electrons. The van der Waals surface area contributed by atoms with Crippen molar-refractivity contribution in [3.05, 3.63) is 0 Å². The van der Waals surface area contributed by atoms with E-state index in [0.29, 0.717) is 18.9 Å². The maximum Gasteiger partial charge on any atom is 0.315 e. The molecule has 2 aliphatic rings. The second-order valence-corrected chi connectivity index (χ2v) is 15.6. The number of hydrogen-bond donors (Lipinski definition) is 6. The van der Waals surface area contributed by atoms with E-state index in [4.69, 9.17) is 0 Å². The van der Waals surface area contributed by atoms with Gasteiger partial charge in [-0.05, 0) is 50.0 Å². The standard InChI is InChI=1S/C22H45N5O2S.C6H10N2O3.C5H10.C2H6/c1-15-12-16(2)27(14-15)19(28)18(22(6,7)8)25-20(29)24-17(21(3,4)5)13-23-10-11-26(9)30;1-4(8-3-9)5(10)6(11)7-2;1-2-5-3-4-5;1-2/h15-18,23,30H,10-14H2,1-9H3,(H2,24,25,29);3-4H,1-2H3,(H,7,11)(H,8,9);5H,2-4H2,1H3;1-2H3. The summed E-state index contributed by atoms with van der Waals surface area (Å²) in [5, 5.41) is 13.8. The topological polar surface area (TPSA) is 152 Å². The molecule has 0 bridgehead atoms. The van der Waals surface area contributed by atoms with Crippen molar-refractivity contribution in [1.82, 2.24) is 35.8 Å². The molecule has 0 aromatic heterocycles. The first-order valence-corrected chi connectivity index (χ1v) is 18.0. The average Bonchev–Trinajstić information content (AvgIpc) is 3.78. The first-order valence-electron chi connectivity index (χ1n) is 17.6. The predicted octanol–water partition coefficient (Wildman–Crippen LogP) is 4.01. The molecule has 0 spiro atoms. The molecule has 12 nitrogen and oxygen atoms in total. The number of likely N-dealkylation sites (N-methyl/N-ethyl adjacent to an activating group) is 2. The third-order valence-corrected chi connectivity index (χ3v) is 8.40. The average molecular weight is 702 g/mol. The van der Waals surface area contributed by atoms with Gasteiger partial charge < -0.3 is 31.5 Å². The fourth-order valence-electron chi connectivity index (χ4n) is 4.84. The fraction of sp³-hybridized carbons (Fsp3) is 0.857. The Labute approximate surface area is 298 Å². The minimum Gasteiger partial charge on any atom is -0.353 e. The Morgan fingerprint density at radius 2 is 1.56 bits per heavy atom. The van der Waals surface area contributed by atoms with E-state index in [1.54, 1.807) is 0 Å². The molecule has 1 heterocycles. The largest absolute Gasteiger partial charge is 0.353 e. The lowest BCUT2D eigenvalue weighted by molar-refractivity contribution is -0.138. The molecule has 1 saturated heterocycles. The molecule has 1 saturated carbocycles. The van der Waals surface area contributed by atoms with Gasteiger partial charge in [-0.25, -0.2) is 4.79 Å². The van der Waals surface area contributed by atoms with Gasteiger partial charge in [-0.2, -0.15) is 0 Å². The number of thiol groups is 1. The lowest BCUT2D eigenvalue weighted by Gasteiger charge is -2.37. The summed E-state index contributed by atoms with van der Waals surface area (Å²) in [6.45, 7) is 27.2. The summed E-state index contributed by atoms with van der Waals surface area (Å²) in [6, 6.07) is -1.50. The summed E-state index contributed by atoms with van der Waals surface area (Å²) in [5.74, 6) is 0.282. The van der Waals surface area contributed by atoms with Crippen LogP contribution in [0.5, 0.6) is 0 Å². The number of rotatable bonds is 13. The maximum atomic E-state index is 13.3. The van der Waals surface area contributed by atoms with Crippen molar-refractivity contribution in [2.75, 3.05) is 40.3 Å². The number of Topliss-reactive ketones (excluding diaryl/α,β-unsaturated/α-hetero) is 1. The van der Waals surface area contributed by atoms with Crippen LogP contribution in [0.2, 0.25) is 0 Å². The number of likely N-dealkylation sites (tertiary alicyclic amines) is 1. The first-order chi connectivity index (χ1) is 22.2. The van der Waals surface area contributed by atoms with Crippen LogP contribution >= 0.6 is 12.8 Å². The van der Waals surface area contributed by atoms with Crippen LogP contribution in [0, 0.1) is 22.7 Å². The Morgan fingerprint density at radius 3 is 1.92 bits per heavy atom. The van der Waals surface area contributed by atoms with E-state index >= 15 is 0 Å². The number of urea groups is 1. The Morgan fingerprint density at radius 1 is 1.00 bits per heavy atom. The summed E-state index contributed by atoms with van der Waals surface area (Å²) in [5.41, 5.74) is -0.510. The number of carbonyl (C=O) groups excluding carboxylic acids is 5. The van der Waals surface area contributed by atoms with E-state index in [2.05, 4.69) is 80.9 Å². The van der Waals surface area contributed by atoms with Crippen molar-refractivity contribution >= 4 is 42.9 Å². The monoisotopic (exact) mass is 702 g/mol. The van der Waals surface area contributed by atoms with Crippen LogP contribution in [0.1, 0.15) is 109 Å². The van der Waals surface area contributed by atoms with Gasteiger partial charge >= 0.3 is 6.03 Å². The number of hydrogen-bond acceptors (Lipinski definition) is 8. The molecule has 5 atom stereocenters. The molecular formula is C35H71N7O5S. The highest BCUT2D eigenvalue weighted by atomic mass is 32.1. The molecule has 2 rings (SSSR count). The predicted molar refractivity (Wildman–Crippen MR) is 200 cm³/mol. The van der Waals surface area contributed by atoms with Crippen LogP contribution in [0.3, 0.4) is 0 Å². The normalized spacial score (nSPS) is 19.0. The van der Waals surface area contributed by atoms with Gasteiger partial charge in [0.15, 0.2) is 0 Å². The quantitative estimate of drug-likeness (QED) is 0.0735. The summed E-state index contributed by atoms with van der Waals surface area (Å²) >= 11 is 4.25. The molecule has 5 unspecified atom stereocenters. The van der Waals surface area contributed by atoms with Gasteiger partial charge in [0, 0.05) is 45.3 Å². The van der Waals surface area contributed by atoms with Gasteiger partial charge in [-0.1, -0.05) is 101 Å². The minimum absolute atomic E-state index is 0.0109. The van der Waals surface area contributed by atoms with Gasteiger partial charge in [0.25, 0.3) is 5.91 Å². The van der Waals surface area contributed by atoms with E-state index in [1.807, 2.05) is 50.9 Å². The van der Waals surface area contributed by atoms with E-state index < -0.39 is 23.8 Å². The maximum absolute atomic E-state index is 13.3. The van der Waals surface area contributed by atoms with Crippen molar-refractivity contribution in [3.63, 3.8) is 0 Å². The highest BCUT2D eigenvalue weighted by Gasteiger charge is 2.40. The number of nitrogens with zero attached hydrogens (tertiary/aromatic N) is 2. The smallest absolute Gasteiger partial charge is 0.315 e. The molecule has 5 N–H and O–H groups in total. The van der Waals surface area contributed by atoms with Crippen LogP contribution in [-0.4, -0.2) is 104 Å². The van der Waals surface area contributed by atoms with E-state index in [9.17, 15) is 24.0 Å². The van der Waals surface area contributed by atoms with Gasteiger partial charge in [-0.15, -0.1) is 0 Å². The van der Waals surface area contributed by atoms with E-state index in [-0.39, 0.29) is 34.9 Å². The number of amides is 5. The zero-order chi connectivity index (χ0) is 37.8. The van der Waals surface area contributed by atoms with Gasteiger partial charge in [-0.3, -0.25) is 23.5 Å². The number of carbonyl (C=O) groups is 5. The Kier molecular flexibility index (Phi) is 23.8. The van der Waals surface area contributed by atoms with E-state index in [0.717, 1.165) is 32.0 Å². The van der Waals surface area contributed by atoms with Gasteiger partial charge in [0.2, 0.25) is 18.1 Å². The molecule has 1 aliphatic heterocycles. The highest BCUT2D eigenvalue weighted by molar-refractivity contribution is 7.77. The molecule has 48 heavy (non-hydrogen) atoms. The second kappa shape index (κ2) is 23.9. The molecule has 2 fully saturated rings. The van der Waals surface area contributed by atoms with E-state index in [1.165, 1.54) is 33.2 Å². The molecule has 5 amide bonds. The van der Waals surface area contributed by atoms with Crippen molar-refractivity contribution in [2.45, 2.75) is 133 Å². The molecule has 1 aliphatic carbocycles. The highest BCUT2D eigenvalue weighted by Crippen LogP contribution is 2.31. The number of nitrogens with one attached hydrogen (secondary N) is 5. The summed E-state index contributed by atoms with van der Waals surface area (Å²) < 4.78 is 1.82. The zero-order valence-corrected chi connectivity index (χ0v) is 33.5. The van der Waals surface area contributed by atoms with Crippen LogP contribution in [0.4, 0.5) is 4.79 Å². The van der Waals surface area contributed by atoms with Crippen LogP contribution in [-0.2, 0) is 19.2 Å². The lowest BCUT2D eigenvalue weighted by Crippen LogP contribution is -2.60. The summed E-state index contributed by atoms with van der Waals surface area (Å²) in [4.78, 5) is 59.4. The van der Waals surface area contributed by atoms with Crippen molar-refractivity contribution < 1.29 is 24.0 Å². The Bertz CT molecular complexity index is 964. The Balaban J connectivity index is 0. The van der Waals surface area contributed by atoms with Crippen molar-refractivity contribution in [3.8, 4) is 0 Å². The van der Waals surface area contributed by atoms with Crippen molar-refractivity contribution in [2.24, 2.45) is 22.7 Å². The third kappa shape index (κ3) is 20.2. The van der Waals surface area contributed by atoms with Crippen LogP contribution < -0.4 is 26.6 Å². The molecule has 0 radical (unpaired) electrons. The van der Waals surface area contributed by atoms with Crippen molar-refractivity contribution in [1.29, 1.82) is 0 Å². The molecule has 0 aromatic carbocycles. The van der Waals surface area contributed by atoms with Crippen LogP contribution in [0.15, 0.2) is 0 Å². The SMILES string of the molecule is CC.CC1CC(C)N(C(=O)C(NC(=O)NC(CNCCN(C)S)C(C)(C)C)C(C)(C)C)C1.CCC1CC1.CNC(=O)C(=O)C(C)NC=O.